The molecule has 0 N–H and O–H groups in total. The van der Waals surface area contributed by atoms with Crippen molar-refractivity contribution in [3.05, 3.63) is 88.9 Å². The molecule has 1 aliphatic rings. The number of ether oxygens (including phenoxy) is 2. The van der Waals surface area contributed by atoms with Crippen LogP contribution in [0.15, 0.2) is 77.7 Å². The van der Waals surface area contributed by atoms with Crippen LogP contribution < -0.4 is 9.64 Å². The molecule has 1 aliphatic heterocycles. The smallest absolute Gasteiger partial charge is 0.337 e. The highest BCUT2D eigenvalue weighted by molar-refractivity contribution is 7.89. The Labute approximate surface area is 225 Å². The number of rotatable bonds is 9. The summed E-state index contributed by atoms with van der Waals surface area (Å²) < 4.78 is 38.4. The van der Waals surface area contributed by atoms with Crippen molar-refractivity contribution in [2.24, 2.45) is 0 Å². The Morgan fingerprint density at radius 2 is 1.71 bits per heavy atom. The van der Waals surface area contributed by atoms with Crippen LogP contribution in [0.25, 0.3) is 0 Å². The van der Waals surface area contributed by atoms with E-state index in [1.807, 2.05) is 0 Å². The number of halogens is 1. The standard InChI is InChI=1S/C27H25ClN2O7S/c1-36-22-10-12-23(13-11-22)38(34,35)29(15-14-18-4-3-5-20(28)16-18)24-17-25(31)30(26(24)32)21-8-6-19(7-9-21)27(33)37-2/h3-13,16,24H,14-15,17H2,1-2H3. The third-order valence-electron chi connectivity index (χ3n) is 6.19. The number of carbonyl (C=O) groups excluding carboxylic acids is 3. The van der Waals surface area contributed by atoms with Crippen LogP contribution in [0.4, 0.5) is 5.69 Å². The van der Waals surface area contributed by atoms with E-state index in [4.69, 9.17) is 16.3 Å². The summed E-state index contributed by atoms with van der Waals surface area (Å²) in [7, 11) is -1.48. The maximum Gasteiger partial charge on any atom is 0.337 e. The average molecular weight is 557 g/mol. The lowest BCUT2D eigenvalue weighted by atomic mass is 10.1. The zero-order valence-electron chi connectivity index (χ0n) is 20.7. The number of esters is 1. The number of sulfonamides is 1. The number of hydrogen-bond acceptors (Lipinski definition) is 7. The summed E-state index contributed by atoms with van der Waals surface area (Å²) in [4.78, 5) is 39.2. The van der Waals surface area contributed by atoms with E-state index in [1.54, 1.807) is 24.3 Å². The second kappa shape index (κ2) is 11.3. The first-order valence-corrected chi connectivity index (χ1v) is 13.4. The summed E-state index contributed by atoms with van der Waals surface area (Å²) >= 11 is 6.09. The minimum absolute atomic E-state index is 0.0366. The first-order chi connectivity index (χ1) is 18.1. The van der Waals surface area contributed by atoms with E-state index in [0.29, 0.717) is 10.8 Å². The Morgan fingerprint density at radius 3 is 2.32 bits per heavy atom. The van der Waals surface area contributed by atoms with E-state index in [2.05, 4.69) is 4.74 Å². The lowest BCUT2D eigenvalue weighted by Gasteiger charge is -2.27. The van der Waals surface area contributed by atoms with Crippen LogP contribution in [-0.4, -0.2) is 57.3 Å². The van der Waals surface area contributed by atoms with Crippen LogP contribution in [0.1, 0.15) is 22.3 Å². The molecule has 198 valence electrons. The van der Waals surface area contributed by atoms with E-state index < -0.39 is 33.8 Å². The number of methoxy groups -OCH3 is 2. The highest BCUT2D eigenvalue weighted by Crippen LogP contribution is 2.30. The third kappa shape index (κ3) is 5.57. The number of imide groups is 1. The largest absolute Gasteiger partial charge is 0.497 e. The molecule has 3 aromatic carbocycles. The van der Waals surface area contributed by atoms with Gasteiger partial charge in [-0.05, 0) is 72.6 Å². The van der Waals surface area contributed by atoms with E-state index in [9.17, 15) is 22.8 Å². The second-order valence-electron chi connectivity index (χ2n) is 8.50. The second-order valence-corrected chi connectivity index (χ2v) is 10.8. The highest BCUT2D eigenvalue weighted by Gasteiger charge is 2.46. The molecular formula is C27H25ClN2O7S. The predicted molar refractivity (Wildman–Crippen MR) is 141 cm³/mol. The summed E-state index contributed by atoms with van der Waals surface area (Å²) in [5.74, 6) is -1.32. The van der Waals surface area contributed by atoms with Gasteiger partial charge in [0.2, 0.25) is 15.9 Å². The van der Waals surface area contributed by atoms with Crippen LogP contribution in [0, 0.1) is 0 Å². The van der Waals surface area contributed by atoms with Gasteiger partial charge in [-0.2, -0.15) is 4.31 Å². The summed E-state index contributed by atoms with van der Waals surface area (Å²) in [6.07, 6.45) is -0.0652. The molecule has 3 aromatic rings. The number of anilines is 1. The van der Waals surface area contributed by atoms with Gasteiger partial charge in [0.05, 0.1) is 36.8 Å². The molecule has 1 atom stereocenters. The van der Waals surface area contributed by atoms with Crippen molar-refractivity contribution in [1.82, 2.24) is 4.31 Å². The van der Waals surface area contributed by atoms with Crippen molar-refractivity contribution in [1.29, 1.82) is 0 Å². The van der Waals surface area contributed by atoms with Crippen molar-refractivity contribution in [2.45, 2.75) is 23.8 Å². The van der Waals surface area contributed by atoms with Gasteiger partial charge in [0.1, 0.15) is 11.8 Å². The minimum Gasteiger partial charge on any atom is -0.497 e. The maximum absolute atomic E-state index is 13.8. The number of amides is 2. The molecule has 0 aromatic heterocycles. The fourth-order valence-corrected chi connectivity index (χ4v) is 6.03. The van der Waals surface area contributed by atoms with Gasteiger partial charge < -0.3 is 9.47 Å². The summed E-state index contributed by atoms with van der Waals surface area (Å²) in [6.45, 7) is -0.0620. The van der Waals surface area contributed by atoms with Gasteiger partial charge >= 0.3 is 5.97 Å². The number of hydrogen-bond donors (Lipinski definition) is 0. The van der Waals surface area contributed by atoms with E-state index in [-0.39, 0.29) is 35.5 Å². The maximum atomic E-state index is 13.8. The van der Waals surface area contributed by atoms with Crippen molar-refractivity contribution < 1.29 is 32.3 Å². The van der Waals surface area contributed by atoms with Gasteiger partial charge in [-0.3, -0.25) is 9.59 Å². The SMILES string of the molecule is COC(=O)c1ccc(N2C(=O)CC(N(CCc3cccc(Cl)c3)S(=O)(=O)c3ccc(OC)cc3)C2=O)cc1. The first-order valence-electron chi connectivity index (χ1n) is 11.6. The molecule has 2 amide bonds. The topological polar surface area (TPSA) is 110 Å². The molecule has 0 bridgehead atoms. The molecule has 9 nitrogen and oxygen atoms in total. The van der Waals surface area contributed by atoms with Gasteiger partial charge in [0, 0.05) is 11.6 Å². The van der Waals surface area contributed by atoms with Gasteiger partial charge in [-0.15, -0.1) is 0 Å². The normalized spacial score (nSPS) is 15.7. The Kier molecular flexibility index (Phi) is 8.15. The fraction of sp³-hybridized carbons (Fsp3) is 0.222. The Bertz CT molecular complexity index is 1460. The minimum atomic E-state index is -4.19. The van der Waals surface area contributed by atoms with E-state index in [1.165, 1.54) is 62.8 Å². The lowest BCUT2D eigenvalue weighted by Crippen LogP contribution is -2.46. The van der Waals surface area contributed by atoms with Crippen molar-refractivity contribution in [3.8, 4) is 5.75 Å². The molecule has 38 heavy (non-hydrogen) atoms. The zero-order chi connectivity index (χ0) is 27.4. The summed E-state index contributed by atoms with van der Waals surface area (Å²) in [6, 6.07) is 17.3. The van der Waals surface area contributed by atoms with Crippen LogP contribution in [0.3, 0.4) is 0 Å². The molecular weight excluding hydrogens is 532 g/mol. The molecule has 0 saturated carbocycles. The lowest BCUT2D eigenvalue weighted by molar-refractivity contribution is -0.122. The van der Waals surface area contributed by atoms with Crippen molar-refractivity contribution >= 4 is 45.1 Å². The highest BCUT2D eigenvalue weighted by atomic mass is 35.5. The number of carbonyl (C=O) groups is 3. The van der Waals surface area contributed by atoms with Gasteiger partial charge in [0.15, 0.2) is 0 Å². The van der Waals surface area contributed by atoms with Crippen LogP contribution in [0.5, 0.6) is 5.75 Å². The van der Waals surface area contributed by atoms with Crippen molar-refractivity contribution in [3.63, 3.8) is 0 Å². The average Bonchev–Trinajstić information content (AvgIpc) is 3.21. The van der Waals surface area contributed by atoms with Crippen LogP contribution >= 0.6 is 11.6 Å². The number of nitrogens with zero attached hydrogens (tertiary/aromatic N) is 2. The summed E-state index contributed by atoms with van der Waals surface area (Å²) in [5, 5.41) is 0.501. The van der Waals surface area contributed by atoms with E-state index >= 15 is 0 Å². The molecule has 11 heteroatoms. The number of benzene rings is 3. The summed E-state index contributed by atoms with van der Waals surface area (Å²) in [5.41, 5.74) is 1.25. The monoisotopic (exact) mass is 556 g/mol. The Hall–Kier alpha value is -3.73. The predicted octanol–water partition coefficient (Wildman–Crippen LogP) is 3.70. The molecule has 1 unspecified atom stereocenters. The van der Waals surface area contributed by atoms with Gasteiger partial charge in [-0.25, -0.2) is 18.1 Å². The van der Waals surface area contributed by atoms with Crippen LogP contribution in [0.2, 0.25) is 5.02 Å². The Morgan fingerprint density at radius 1 is 1.03 bits per heavy atom. The molecule has 1 fully saturated rings. The van der Waals surface area contributed by atoms with E-state index in [0.717, 1.165) is 14.8 Å². The Balaban J connectivity index is 1.67. The molecule has 1 saturated heterocycles. The molecule has 0 radical (unpaired) electrons. The fourth-order valence-electron chi connectivity index (χ4n) is 4.23. The molecule has 1 heterocycles. The molecule has 0 aliphatic carbocycles. The zero-order valence-corrected chi connectivity index (χ0v) is 22.2. The van der Waals surface area contributed by atoms with Gasteiger partial charge in [-0.1, -0.05) is 23.7 Å². The quantitative estimate of drug-likeness (QED) is 0.292. The molecule has 0 spiro atoms. The van der Waals surface area contributed by atoms with Crippen molar-refractivity contribution in [2.75, 3.05) is 25.7 Å². The van der Waals surface area contributed by atoms with Crippen LogP contribution in [-0.2, 0) is 30.8 Å². The third-order valence-corrected chi connectivity index (χ3v) is 8.35. The van der Waals surface area contributed by atoms with Gasteiger partial charge in [0.25, 0.3) is 5.91 Å². The molecule has 4 rings (SSSR count). The first kappa shape index (κ1) is 27.3.